The number of esters is 1. The Balaban J connectivity index is 2.03. The summed E-state index contributed by atoms with van der Waals surface area (Å²) < 4.78 is 15.4. The predicted molar refractivity (Wildman–Crippen MR) is 109 cm³/mol. The summed E-state index contributed by atoms with van der Waals surface area (Å²) >= 11 is 0. The number of rotatable bonds is 15. The number of hydrogen-bond donors (Lipinski definition) is 2. The van der Waals surface area contributed by atoms with E-state index < -0.39 is 18.4 Å². The van der Waals surface area contributed by atoms with Crippen LogP contribution in [0.5, 0.6) is 0 Å². The van der Waals surface area contributed by atoms with E-state index in [1.165, 1.54) is 7.11 Å². The highest BCUT2D eigenvalue weighted by molar-refractivity contribution is 8.76. The van der Waals surface area contributed by atoms with Crippen molar-refractivity contribution >= 4 is 33.5 Å². The summed E-state index contributed by atoms with van der Waals surface area (Å²) in [6.07, 6.45) is 1.42. The second kappa shape index (κ2) is 15.6. The van der Waals surface area contributed by atoms with E-state index in [4.69, 9.17) is 19.3 Å². The van der Waals surface area contributed by atoms with Crippen molar-refractivity contribution in [1.82, 2.24) is 10.3 Å². The molecule has 0 aromatic carbocycles. The Morgan fingerprint density at radius 2 is 2.14 bits per heavy atom. The second-order valence-corrected chi connectivity index (χ2v) is 8.19. The number of ether oxygens (including phenoxy) is 3. The largest absolute Gasteiger partial charge is 0.460 e. The van der Waals surface area contributed by atoms with Gasteiger partial charge in [-0.2, -0.15) is 0 Å². The lowest BCUT2D eigenvalue weighted by Gasteiger charge is -2.19. The summed E-state index contributed by atoms with van der Waals surface area (Å²) in [5.74, 6) is 0.253. The molecule has 0 saturated heterocycles. The molecule has 0 spiro atoms. The summed E-state index contributed by atoms with van der Waals surface area (Å²) in [4.78, 5) is 27.7. The zero-order chi connectivity index (χ0) is 20.6. The lowest BCUT2D eigenvalue weighted by atomic mass is 10.2. The maximum Gasteiger partial charge on any atom is 0.305 e. The van der Waals surface area contributed by atoms with Gasteiger partial charge in [0.2, 0.25) is 5.91 Å². The van der Waals surface area contributed by atoms with Gasteiger partial charge in [-0.3, -0.25) is 9.59 Å². The van der Waals surface area contributed by atoms with Crippen LogP contribution in [-0.2, 0) is 23.8 Å². The first-order valence-corrected chi connectivity index (χ1v) is 11.3. The van der Waals surface area contributed by atoms with E-state index in [9.17, 15) is 9.59 Å². The van der Waals surface area contributed by atoms with Gasteiger partial charge in [0.25, 0.3) is 0 Å². The summed E-state index contributed by atoms with van der Waals surface area (Å²) in [6.45, 7) is 2.03. The van der Waals surface area contributed by atoms with Crippen LogP contribution in [0, 0.1) is 0 Å². The fraction of sp³-hybridized carbons (Fsp3) is 0.611. The molecule has 1 heterocycles. The minimum atomic E-state index is -0.726. The quantitative estimate of drug-likeness (QED) is 0.186. The third-order valence-corrected chi connectivity index (χ3v) is 5.63. The molecule has 158 valence electrons. The number of aromatic nitrogens is 1. The summed E-state index contributed by atoms with van der Waals surface area (Å²) in [6, 6.07) is 5.73. The first-order valence-electron chi connectivity index (χ1n) is 8.97. The topological polar surface area (TPSA) is 107 Å². The highest BCUT2D eigenvalue weighted by Gasteiger charge is 2.15. The molecule has 0 bridgehead atoms. The minimum absolute atomic E-state index is 0.0585. The fourth-order valence-corrected chi connectivity index (χ4v) is 3.70. The normalized spacial score (nSPS) is 13.0. The Morgan fingerprint density at radius 3 is 2.82 bits per heavy atom. The molecule has 2 N–H and O–H groups in total. The van der Waals surface area contributed by atoms with Gasteiger partial charge in [0.1, 0.15) is 11.6 Å². The zero-order valence-corrected chi connectivity index (χ0v) is 17.8. The van der Waals surface area contributed by atoms with Crippen LogP contribution in [0.25, 0.3) is 0 Å². The number of carbonyl (C=O) groups is 2. The SMILES string of the molecule is COC(COC(=O)CCCC(=O)NCCSSc1ccccn1)OC(C)CO. The third-order valence-electron chi connectivity index (χ3n) is 3.36. The third kappa shape index (κ3) is 12.2. The van der Waals surface area contributed by atoms with Gasteiger partial charge in [-0.15, -0.1) is 0 Å². The number of carbonyl (C=O) groups excluding carboxylic acids is 2. The Kier molecular flexibility index (Phi) is 13.7. The molecule has 0 fully saturated rings. The summed E-state index contributed by atoms with van der Waals surface area (Å²) in [5, 5.41) is 12.7. The van der Waals surface area contributed by atoms with E-state index in [0.29, 0.717) is 13.0 Å². The molecule has 10 heteroatoms. The highest BCUT2D eigenvalue weighted by atomic mass is 33.1. The van der Waals surface area contributed by atoms with Gasteiger partial charge >= 0.3 is 5.97 Å². The Labute approximate surface area is 173 Å². The molecule has 8 nitrogen and oxygen atoms in total. The molecule has 0 radical (unpaired) electrons. The van der Waals surface area contributed by atoms with Crippen LogP contribution in [0.15, 0.2) is 29.4 Å². The lowest BCUT2D eigenvalue weighted by Crippen LogP contribution is -2.29. The number of pyridine rings is 1. The van der Waals surface area contributed by atoms with Crippen molar-refractivity contribution in [2.45, 2.75) is 43.6 Å². The first kappa shape index (κ1) is 24.7. The molecule has 1 amide bonds. The first-order chi connectivity index (χ1) is 13.5. The molecule has 0 saturated carbocycles. The predicted octanol–water partition coefficient (Wildman–Crippen LogP) is 2.02. The smallest absolute Gasteiger partial charge is 0.305 e. The lowest BCUT2D eigenvalue weighted by molar-refractivity contribution is -0.191. The number of hydrogen-bond acceptors (Lipinski definition) is 9. The standard InChI is InChI=1S/C18H28N2O6S2/c1-14(12-21)26-18(24-2)13-25-17(23)8-5-6-15(22)19-10-11-27-28-16-7-3-4-9-20-16/h3-4,7,9,14,18,21H,5-6,8,10-13H2,1-2H3,(H,19,22). The monoisotopic (exact) mass is 432 g/mol. The van der Waals surface area contributed by atoms with Crippen molar-refractivity contribution in [1.29, 1.82) is 0 Å². The molecule has 0 aliphatic rings. The van der Waals surface area contributed by atoms with Crippen LogP contribution in [0.2, 0.25) is 0 Å². The van der Waals surface area contributed by atoms with Gasteiger partial charge in [0.05, 0.1) is 12.7 Å². The van der Waals surface area contributed by atoms with Crippen molar-refractivity contribution in [3.05, 3.63) is 24.4 Å². The molecule has 2 atom stereocenters. The zero-order valence-electron chi connectivity index (χ0n) is 16.2. The van der Waals surface area contributed by atoms with Crippen LogP contribution < -0.4 is 5.32 Å². The second-order valence-electron chi connectivity index (χ2n) is 5.75. The number of aliphatic hydroxyl groups is 1. The van der Waals surface area contributed by atoms with Crippen molar-refractivity contribution < 1.29 is 28.9 Å². The molecule has 0 aliphatic carbocycles. The molecule has 28 heavy (non-hydrogen) atoms. The molecule has 1 rings (SSSR count). The van der Waals surface area contributed by atoms with E-state index in [-0.39, 0.29) is 32.0 Å². The maximum atomic E-state index is 11.8. The molecule has 1 aromatic rings. The number of methoxy groups -OCH3 is 1. The van der Waals surface area contributed by atoms with Crippen LogP contribution >= 0.6 is 21.6 Å². The van der Waals surface area contributed by atoms with Gasteiger partial charge in [-0.05, 0) is 36.3 Å². The number of nitrogens with one attached hydrogen (secondary N) is 1. The molecular formula is C18H28N2O6S2. The minimum Gasteiger partial charge on any atom is -0.460 e. The van der Waals surface area contributed by atoms with E-state index >= 15 is 0 Å². The van der Waals surface area contributed by atoms with Crippen LogP contribution in [0.4, 0.5) is 0 Å². The summed E-state index contributed by atoms with van der Waals surface area (Å²) in [5.41, 5.74) is 0. The van der Waals surface area contributed by atoms with Crippen molar-refractivity contribution in [3.63, 3.8) is 0 Å². The van der Waals surface area contributed by atoms with Crippen molar-refractivity contribution in [2.24, 2.45) is 0 Å². The van der Waals surface area contributed by atoms with Gasteiger partial charge in [-0.1, -0.05) is 16.9 Å². The number of aliphatic hydroxyl groups excluding tert-OH is 1. The Bertz CT molecular complexity index is 564. The highest BCUT2D eigenvalue weighted by Crippen LogP contribution is 2.28. The average Bonchev–Trinajstić information content (AvgIpc) is 2.71. The van der Waals surface area contributed by atoms with E-state index in [1.54, 1.807) is 34.7 Å². The Morgan fingerprint density at radius 1 is 1.32 bits per heavy atom. The van der Waals surface area contributed by atoms with Crippen molar-refractivity contribution in [2.75, 3.05) is 32.6 Å². The van der Waals surface area contributed by atoms with Gasteiger partial charge in [0.15, 0.2) is 6.29 Å². The van der Waals surface area contributed by atoms with E-state index in [1.807, 2.05) is 18.2 Å². The number of amides is 1. The van der Waals surface area contributed by atoms with Gasteiger partial charge in [-0.25, -0.2) is 4.98 Å². The van der Waals surface area contributed by atoms with Crippen LogP contribution in [0.3, 0.4) is 0 Å². The van der Waals surface area contributed by atoms with Crippen LogP contribution in [0.1, 0.15) is 26.2 Å². The van der Waals surface area contributed by atoms with E-state index in [0.717, 1.165) is 10.8 Å². The average molecular weight is 433 g/mol. The maximum absolute atomic E-state index is 11.8. The van der Waals surface area contributed by atoms with E-state index in [2.05, 4.69) is 10.3 Å². The number of nitrogens with zero attached hydrogens (tertiary/aromatic N) is 1. The van der Waals surface area contributed by atoms with Crippen LogP contribution in [-0.4, -0.2) is 67.0 Å². The van der Waals surface area contributed by atoms with Gasteiger partial charge in [0, 0.05) is 38.4 Å². The van der Waals surface area contributed by atoms with Gasteiger partial charge < -0.3 is 24.6 Å². The molecule has 1 aromatic heterocycles. The Hall–Kier alpha value is -1.33. The fourth-order valence-electron chi connectivity index (χ4n) is 1.91. The summed E-state index contributed by atoms with van der Waals surface area (Å²) in [7, 11) is 4.62. The molecular weight excluding hydrogens is 404 g/mol. The molecule has 2 unspecified atom stereocenters. The van der Waals surface area contributed by atoms with Crippen molar-refractivity contribution in [3.8, 4) is 0 Å². The molecule has 0 aliphatic heterocycles.